The second-order valence-corrected chi connectivity index (χ2v) is 7.07. The Morgan fingerprint density at radius 3 is 2.42 bits per heavy atom. The molecule has 0 N–H and O–H groups in total. The Morgan fingerprint density at radius 1 is 0.968 bits per heavy atom. The van der Waals surface area contributed by atoms with Gasteiger partial charge in [0, 0.05) is 16.7 Å². The molecule has 0 aliphatic rings. The Kier molecular flexibility index (Phi) is 5.68. The number of methoxy groups -OCH3 is 2. The Bertz CT molecular complexity index is 1320. The molecule has 0 bridgehead atoms. The van der Waals surface area contributed by atoms with Crippen LogP contribution < -0.4 is 24.6 Å². The first-order chi connectivity index (χ1) is 15.0. The van der Waals surface area contributed by atoms with Gasteiger partial charge in [-0.15, -0.1) is 4.73 Å². The molecule has 0 fully saturated rings. The highest BCUT2D eigenvalue weighted by Gasteiger charge is 2.24. The number of ether oxygens (including phenoxy) is 2. The number of fused-ring (bicyclic) bond motifs is 1. The number of para-hydroxylation sites is 2. The summed E-state index contributed by atoms with van der Waals surface area (Å²) in [6.07, 6.45) is 0. The fourth-order valence-electron chi connectivity index (χ4n) is 3.32. The molecular weight excluding hydrogens is 420 g/mol. The van der Waals surface area contributed by atoms with Gasteiger partial charge in [0.1, 0.15) is 6.61 Å². The third kappa shape index (κ3) is 3.75. The number of hydrogen-bond acceptors (Lipinski definition) is 5. The lowest BCUT2D eigenvalue weighted by atomic mass is 10.1. The van der Waals surface area contributed by atoms with Gasteiger partial charge in [0.25, 0.3) is 5.69 Å². The average Bonchev–Trinajstić information content (AvgIpc) is 2.80. The number of rotatable bonds is 6. The highest BCUT2D eigenvalue weighted by molar-refractivity contribution is 6.31. The SMILES string of the molecule is COc1ccc(-c2c(=O)n(OCc3ccccc3Cl)c3ccccc3[n+]2[O-])cc1OC. The van der Waals surface area contributed by atoms with E-state index in [0.29, 0.717) is 37.9 Å². The molecule has 0 radical (unpaired) electrons. The summed E-state index contributed by atoms with van der Waals surface area (Å²) in [5.41, 5.74) is 1.02. The van der Waals surface area contributed by atoms with Crippen molar-refractivity contribution in [3.05, 3.63) is 92.9 Å². The van der Waals surface area contributed by atoms with Gasteiger partial charge >= 0.3 is 5.56 Å². The van der Waals surface area contributed by atoms with Gasteiger partial charge in [0.15, 0.2) is 17.0 Å². The molecule has 31 heavy (non-hydrogen) atoms. The zero-order chi connectivity index (χ0) is 22.0. The van der Waals surface area contributed by atoms with E-state index in [9.17, 15) is 10.0 Å². The van der Waals surface area contributed by atoms with Crippen LogP contribution in [0.5, 0.6) is 11.5 Å². The van der Waals surface area contributed by atoms with Gasteiger partial charge in [0.05, 0.1) is 19.8 Å². The molecule has 1 aromatic heterocycles. The topological polar surface area (TPSA) is 76.6 Å². The fraction of sp³-hybridized carbons (Fsp3) is 0.130. The Labute approximate surface area is 183 Å². The minimum absolute atomic E-state index is 0.0534. The lowest BCUT2D eigenvalue weighted by Gasteiger charge is -2.15. The molecule has 158 valence electrons. The fourth-order valence-corrected chi connectivity index (χ4v) is 3.51. The van der Waals surface area contributed by atoms with Crippen LogP contribution in [0.4, 0.5) is 0 Å². The van der Waals surface area contributed by atoms with E-state index >= 15 is 0 Å². The van der Waals surface area contributed by atoms with E-state index in [-0.39, 0.29) is 17.8 Å². The van der Waals surface area contributed by atoms with Crippen molar-refractivity contribution in [3.8, 4) is 22.8 Å². The smallest absolute Gasteiger partial charge is 0.357 e. The second-order valence-electron chi connectivity index (χ2n) is 6.67. The summed E-state index contributed by atoms with van der Waals surface area (Å²) in [6.45, 7) is 0.0534. The normalized spacial score (nSPS) is 10.8. The maximum absolute atomic E-state index is 13.4. The van der Waals surface area contributed by atoms with Crippen LogP contribution in [0, 0.1) is 5.21 Å². The van der Waals surface area contributed by atoms with E-state index in [0.717, 1.165) is 4.73 Å². The van der Waals surface area contributed by atoms with Gasteiger partial charge in [-0.1, -0.05) is 41.9 Å². The average molecular weight is 439 g/mol. The van der Waals surface area contributed by atoms with Crippen LogP contribution in [0.3, 0.4) is 0 Å². The summed E-state index contributed by atoms with van der Waals surface area (Å²) in [5.74, 6) is 0.885. The molecule has 0 saturated heterocycles. The van der Waals surface area contributed by atoms with Gasteiger partial charge < -0.3 is 19.5 Å². The van der Waals surface area contributed by atoms with E-state index in [1.165, 1.54) is 14.2 Å². The van der Waals surface area contributed by atoms with Crippen LogP contribution in [0.2, 0.25) is 5.02 Å². The van der Waals surface area contributed by atoms with Crippen LogP contribution in [0.15, 0.2) is 71.5 Å². The van der Waals surface area contributed by atoms with Gasteiger partial charge in [-0.25, -0.2) is 0 Å². The molecule has 4 rings (SSSR count). The Morgan fingerprint density at radius 2 is 1.68 bits per heavy atom. The lowest BCUT2D eigenvalue weighted by molar-refractivity contribution is -0.566. The van der Waals surface area contributed by atoms with E-state index in [1.54, 1.807) is 48.5 Å². The van der Waals surface area contributed by atoms with E-state index < -0.39 is 5.56 Å². The van der Waals surface area contributed by atoms with Crippen LogP contribution in [-0.4, -0.2) is 19.0 Å². The molecule has 3 aromatic carbocycles. The van der Waals surface area contributed by atoms with Crippen molar-refractivity contribution in [2.45, 2.75) is 6.61 Å². The first-order valence-corrected chi connectivity index (χ1v) is 9.79. The summed E-state index contributed by atoms with van der Waals surface area (Å²) in [4.78, 5) is 19.2. The van der Waals surface area contributed by atoms with E-state index in [4.69, 9.17) is 25.9 Å². The van der Waals surface area contributed by atoms with Crippen molar-refractivity contribution in [3.63, 3.8) is 0 Å². The predicted octanol–water partition coefficient (Wildman–Crippen LogP) is 3.60. The molecular formula is C23H19ClN2O5. The number of hydrogen-bond donors (Lipinski definition) is 0. The van der Waals surface area contributed by atoms with E-state index in [1.807, 2.05) is 18.2 Å². The second kappa shape index (κ2) is 8.57. The third-order valence-electron chi connectivity index (χ3n) is 4.87. The molecule has 0 aliphatic heterocycles. The summed E-state index contributed by atoms with van der Waals surface area (Å²) in [6, 6.07) is 18.8. The van der Waals surface area contributed by atoms with Gasteiger partial charge in [-0.05, 0) is 30.3 Å². The highest BCUT2D eigenvalue weighted by Crippen LogP contribution is 2.30. The van der Waals surface area contributed by atoms with Crippen LogP contribution in [-0.2, 0) is 6.61 Å². The van der Waals surface area contributed by atoms with Crippen LogP contribution in [0.25, 0.3) is 22.3 Å². The maximum Gasteiger partial charge on any atom is 0.357 e. The quantitative estimate of drug-likeness (QED) is 0.339. The zero-order valence-corrected chi connectivity index (χ0v) is 17.6. The molecule has 0 aliphatic carbocycles. The molecule has 0 saturated carbocycles. The van der Waals surface area contributed by atoms with Crippen molar-refractivity contribution >= 4 is 22.6 Å². The standard InChI is InChI=1S/C23H19ClN2O5/c1-29-20-12-11-15(13-21(20)30-2)22-23(27)26(19-10-6-5-9-18(19)25(22)28)31-14-16-7-3-4-8-17(16)24/h3-13H,14H2,1-2H3. The van der Waals surface area contributed by atoms with Crippen LogP contribution in [0.1, 0.15) is 5.56 Å². The highest BCUT2D eigenvalue weighted by atomic mass is 35.5. The number of nitrogens with zero attached hydrogens (tertiary/aromatic N) is 2. The van der Waals surface area contributed by atoms with E-state index in [2.05, 4.69) is 0 Å². The third-order valence-corrected chi connectivity index (χ3v) is 5.24. The van der Waals surface area contributed by atoms with Crippen molar-refractivity contribution in [2.24, 2.45) is 0 Å². The van der Waals surface area contributed by atoms with Crippen LogP contribution >= 0.6 is 11.6 Å². The van der Waals surface area contributed by atoms with Gasteiger partial charge in [0.2, 0.25) is 5.52 Å². The summed E-state index contributed by atoms with van der Waals surface area (Å²) < 4.78 is 12.3. The van der Waals surface area contributed by atoms with Crippen molar-refractivity contribution in [1.29, 1.82) is 0 Å². The van der Waals surface area contributed by atoms with Crippen molar-refractivity contribution in [2.75, 3.05) is 14.2 Å². The Hall–Kier alpha value is -3.71. The predicted molar refractivity (Wildman–Crippen MR) is 117 cm³/mol. The molecule has 1 heterocycles. The maximum atomic E-state index is 13.4. The summed E-state index contributed by atoms with van der Waals surface area (Å²) in [5, 5.41) is 13.7. The largest absolute Gasteiger partial charge is 0.618 e. The molecule has 0 spiro atoms. The number of halogens is 1. The Balaban J connectivity index is 1.89. The summed E-state index contributed by atoms with van der Waals surface area (Å²) in [7, 11) is 3.00. The minimum atomic E-state index is -0.604. The van der Waals surface area contributed by atoms with Crippen molar-refractivity contribution in [1.82, 2.24) is 4.73 Å². The molecule has 0 atom stereocenters. The first-order valence-electron chi connectivity index (χ1n) is 9.41. The molecule has 4 aromatic rings. The van der Waals surface area contributed by atoms with Gasteiger partial charge in [-0.3, -0.25) is 4.79 Å². The number of aromatic nitrogens is 2. The molecule has 8 heteroatoms. The van der Waals surface area contributed by atoms with Crippen molar-refractivity contribution < 1.29 is 19.0 Å². The number of benzene rings is 3. The zero-order valence-electron chi connectivity index (χ0n) is 16.9. The summed E-state index contributed by atoms with van der Waals surface area (Å²) >= 11 is 6.22. The monoisotopic (exact) mass is 438 g/mol. The minimum Gasteiger partial charge on any atom is -0.618 e. The molecule has 7 nitrogen and oxygen atoms in total. The van der Waals surface area contributed by atoms with Gasteiger partial charge in [-0.2, -0.15) is 4.73 Å². The first kappa shape index (κ1) is 20.6. The molecule has 0 unspecified atom stereocenters. The molecule has 0 amide bonds. The lowest BCUT2D eigenvalue weighted by Crippen LogP contribution is -2.42.